The van der Waals surface area contributed by atoms with E-state index in [2.05, 4.69) is 20.2 Å². The zero-order chi connectivity index (χ0) is 30.3. The fourth-order valence-corrected chi connectivity index (χ4v) is 6.61. The number of aliphatic hydroxyl groups is 1. The molecule has 2 aliphatic rings. The molecule has 0 radical (unpaired) electrons. The van der Waals surface area contributed by atoms with E-state index in [9.17, 15) is 32.9 Å². The Morgan fingerprint density at radius 2 is 2.00 bits per heavy atom. The van der Waals surface area contributed by atoms with Gasteiger partial charge >= 0.3 is 19.4 Å². The highest BCUT2D eigenvalue weighted by Crippen LogP contribution is 2.52. The Hall–Kier alpha value is -3.28. The summed E-state index contributed by atoms with van der Waals surface area (Å²) in [6, 6.07) is 6.02. The van der Waals surface area contributed by atoms with Gasteiger partial charge in [0, 0.05) is 26.2 Å². The highest BCUT2D eigenvalue weighted by atomic mass is 32.2. The van der Waals surface area contributed by atoms with Gasteiger partial charge in [-0.25, -0.2) is 13.2 Å². The largest absolute Gasteiger partial charge is 0.508 e. The van der Waals surface area contributed by atoms with Crippen LogP contribution in [0.2, 0.25) is 0 Å². The van der Waals surface area contributed by atoms with E-state index in [0.29, 0.717) is 6.42 Å². The molecule has 0 saturated carbocycles. The number of anilines is 2. The third-order valence-corrected chi connectivity index (χ3v) is 8.86. The second-order valence-corrected chi connectivity index (χ2v) is 14.7. The smallest absolute Gasteiger partial charge is 0.369 e. The molecular weight excluding hydrogens is 561 g/mol. The minimum Gasteiger partial charge on any atom is -0.508 e. The summed E-state index contributed by atoms with van der Waals surface area (Å²) in [5.74, 6) is -2.62. The van der Waals surface area contributed by atoms with Crippen molar-refractivity contribution < 1.29 is 36.8 Å². The molecule has 218 valence electrons. The first-order valence-corrected chi connectivity index (χ1v) is 15.8. The summed E-state index contributed by atoms with van der Waals surface area (Å²) in [5, 5.41) is 23.9. The van der Waals surface area contributed by atoms with Crippen LogP contribution in [0.15, 0.2) is 34.8 Å². The number of likely N-dealkylation sites (N-methyl/N-ethyl adjacent to an activating group) is 1. The lowest BCUT2D eigenvalue weighted by molar-refractivity contribution is -0.817. The molecule has 1 aromatic rings. The Morgan fingerprint density at radius 1 is 1.35 bits per heavy atom. The number of quaternary nitrogens is 1. The molecule has 16 heteroatoms. The molecule has 3 atom stereocenters. The molecule has 14 nitrogen and oxygen atoms in total. The third kappa shape index (κ3) is 5.91. The van der Waals surface area contributed by atoms with Gasteiger partial charge in [-0.05, 0) is 30.5 Å². The fraction of sp³-hybridized carbons (Fsp3) is 0.500. The molecule has 2 heterocycles. The number of rotatable bonds is 7. The number of carbonyl (C=O) groups excluding carboxylic acids is 2. The van der Waals surface area contributed by atoms with Gasteiger partial charge < -0.3 is 14.5 Å². The van der Waals surface area contributed by atoms with Crippen LogP contribution in [0.4, 0.5) is 11.4 Å². The van der Waals surface area contributed by atoms with Crippen LogP contribution in [-0.4, -0.2) is 79.8 Å². The number of nitrogens with one attached hydrogen (secondary N) is 3. The van der Waals surface area contributed by atoms with Crippen LogP contribution in [-0.2, 0) is 28.7 Å². The average molecular weight is 597 g/mol. The third-order valence-electron chi connectivity index (χ3n) is 6.22. The van der Waals surface area contributed by atoms with Gasteiger partial charge in [-0.3, -0.25) is 19.4 Å². The molecule has 2 amide bonds. The van der Waals surface area contributed by atoms with Crippen molar-refractivity contribution in [2.24, 2.45) is 10.2 Å². The lowest BCUT2D eigenvalue weighted by Gasteiger charge is -2.44. The van der Waals surface area contributed by atoms with E-state index < -0.39 is 45.2 Å². The molecule has 0 aliphatic carbocycles. The maximum atomic E-state index is 14.2. The van der Waals surface area contributed by atoms with E-state index >= 15 is 0 Å². The number of aliphatic hydroxyl groups excluding tert-OH is 1. The monoisotopic (exact) mass is 596 g/mol. The van der Waals surface area contributed by atoms with Crippen molar-refractivity contribution in [3.05, 3.63) is 30.0 Å². The van der Waals surface area contributed by atoms with Gasteiger partial charge in [0.15, 0.2) is 5.76 Å². The second-order valence-electron chi connectivity index (χ2n) is 11.0. The Labute approximate surface area is 233 Å². The Bertz CT molecular complexity index is 1490. The SMILES string of the molecule is CCOP1(=O)N=C([N+]2(CCC(C)(C)C)NC(C#N)(C(=O)N(C)C)C(O)=CC2=O)Nc2ccc(NS(C)(=O)=O)cc21. The topological polar surface area (TPSA) is 190 Å². The highest BCUT2D eigenvalue weighted by molar-refractivity contribution is 7.92. The minimum atomic E-state index is -4.14. The zero-order valence-electron chi connectivity index (χ0n) is 23.5. The van der Waals surface area contributed by atoms with Gasteiger partial charge in [0.05, 0.1) is 29.9 Å². The Kier molecular flexibility index (Phi) is 8.29. The molecule has 0 aromatic heterocycles. The number of benzene rings is 1. The van der Waals surface area contributed by atoms with Crippen LogP contribution in [0.1, 0.15) is 34.1 Å². The molecule has 1 aromatic carbocycles. The van der Waals surface area contributed by atoms with Gasteiger partial charge in [-0.15, -0.1) is 14.8 Å². The van der Waals surface area contributed by atoms with Gasteiger partial charge in [0.25, 0.3) is 11.4 Å². The molecule has 40 heavy (non-hydrogen) atoms. The van der Waals surface area contributed by atoms with Crippen molar-refractivity contribution in [3.8, 4) is 6.07 Å². The van der Waals surface area contributed by atoms with E-state index in [0.717, 1.165) is 17.2 Å². The molecular formula is C24H35N7O7PS+. The number of carbonyl (C=O) groups is 2. The number of sulfonamides is 1. The summed E-state index contributed by atoms with van der Waals surface area (Å²) in [6.07, 6.45) is 2.13. The predicted molar refractivity (Wildman–Crippen MR) is 150 cm³/mol. The Balaban J connectivity index is 2.29. The maximum Gasteiger partial charge on any atom is 0.369 e. The van der Waals surface area contributed by atoms with Crippen molar-refractivity contribution in [2.45, 2.75) is 39.7 Å². The predicted octanol–water partition coefficient (Wildman–Crippen LogP) is 1.78. The number of hydrogen-bond acceptors (Lipinski definition) is 10. The summed E-state index contributed by atoms with van der Waals surface area (Å²) in [6.45, 7) is 7.29. The summed E-state index contributed by atoms with van der Waals surface area (Å²) < 4.78 is 49.1. The van der Waals surface area contributed by atoms with Gasteiger partial charge in [0.2, 0.25) is 10.0 Å². The molecule has 0 spiro atoms. The highest BCUT2D eigenvalue weighted by Gasteiger charge is 2.61. The quantitative estimate of drug-likeness (QED) is 0.267. The number of nitrogens with zero attached hydrogens (tertiary/aromatic N) is 4. The first-order valence-electron chi connectivity index (χ1n) is 12.3. The van der Waals surface area contributed by atoms with E-state index in [1.807, 2.05) is 26.8 Å². The lowest BCUT2D eigenvalue weighted by Crippen LogP contribution is -2.78. The van der Waals surface area contributed by atoms with E-state index in [-0.39, 0.29) is 41.2 Å². The molecule has 0 fully saturated rings. The van der Waals surface area contributed by atoms with Crippen LogP contribution < -0.4 is 20.8 Å². The van der Waals surface area contributed by atoms with Crippen LogP contribution in [0.3, 0.4) is 0 Å². The van der Waals surface area contributed by atoms with Gasteiger partial charge in [-0.1, -0.05) is 20.8 Å². The Morgan fingerprint density at radius 3 is 2.52 bits per heavy atom. The summed E-state index contributed by atoms with van der Waals surface area (Å²) in [7, 11) is -4.99. The molecule has 3 rings (SSSR count). The first-order chi connectivity index (χ1) is 18.3. The molecule has 0 saturated heterocycles. The van der Waals surface area contributed by atoms with E-state index in [1.54, 1.807) is 6.92 Å². The van der Waals surface area contributed by atoms with E-state index in [1.165, 1.54) is 32.3 Å². The number of amides is 2. The number of nitriles is 1. The average Bonchev–Trinajstić information content (AvgIpc) is 2.82. The lowest BCUT2D eigenvalue weighted by atomic mass is 9.90. The first kappa shape index (κ1) is 31.3. The molecule has 2 aliphatic heterocycles. The van der Waals surface area contributed by atoms with Crippen LogP contribution >= 0.6 is 7.52 Å². The normalized spacial score (nSPS) is 26.5. The fourth-order valence-electron chi connectivity index (χ4n) is 4.21. The van der Waals surface area contributed by atoms with Gasteiger partial charge in [-0.2, -0.15) is 5.26 Å². The zero-order valence-corrected chi connectivity index (χ0v) is 25.2. The molecule has 4 N–H and O–H groups in total. The van der Waals surface area contributed by atoms with Crippen molar-refractivity contribution in [2.75, 3.05) is 43.5 Å². The van der Waals surface area contributed by atoms with Crippen LogP contribution in [0.25, 0.3) is 0 Å². The number of hydrogen-bond donors (Lipinski definition) is 4. The summed E-state index contributed by atoms with van der Waals surface area (Å²) in [5.41, 5.74) is 0.402. The second kappa shape index (κ2) is 10.6. The summed E-state index contributed by atoms with van der Waals surface area (Å²) >= 11 is 0. The van der Waals surface area contributed by atoms with E-state index in [4.69, 9.17) is 4.52 Å². The van der Waals surface area contributed by atoms with Crippen molar-refractivity contribution >= 4 is 52.0 Å². The molecule has 0 bridgehead atoms. The number of guanidine groups is 1. The minimum absolute atomic E-state index is 0.0392. The standard InChI is InChI=1S/C24H34N7O7PS/c1-8-38-39(35)18-13-16(28-40(7,36)37)9-10-17(18)26-22(27-39)31(12-11-23(2,3)4)20(33)14-19(32)24(15-25,29-31)21(34)30(5)6/h9-10,13-14,28-29H,8,11-12H2,1-7H3,(H-,26,27,32,33,35)/p+1. The van der Waals surface area contributed by atoms with Gasteiger partial charge in [0.1, 0.15) is 12.6 Å². The van der Waals surface area contributed by atoms with Crippen molar-refractivity contribution in [1.29, 1.82) is 5.26 Å². The number of fused-ring (bicyclic) bond motifs is 1. The van der Waals surface area contributed by atoms with Crippen LogP contribution in [0.5, 0.6) is 0 Å². The summed E-state index contributed by atoms with van der Waals surface area (Å²) in [4.78, 5) is 28.1. The van der Waals surface area contributed by atoms with Crippen molar-refractivity contribution in [3.63, 3.8) is 0 Å². The van der Waals surface area contributed by atoms with Crippen molar-refractivity contribution in [1.82, 2.24) is 10.3 Å². The maximum absolute atomic E-state index is 14.2. The van der Waals surface area contributed by atoms with Crippen LogP contribution in [0, 0.1) is 16.7 Å². The molecule has 3 unspecified atom stereocenters.